The van der Waals surface area contributed by atoms with Crippen molar-refractivity contribution >= 4 is 17.3 Å². The van der Waals surface area contributed by atoms with Gasteiger partial charge in [0, 0.05) is 30.9 Å². The van der Waals surface area contributed by atoms with E-state index in [9.17, 15) is 18.7 Å². The number of carboxylic acids is 1. The topological polar surface area (TPSA) is 78.6 Å². The van der Waals surface area contributed by atoms with Gasteiger partial charge < -0.3 is 21.1 Å². The van der Waals surface area contributed by atoms with Crippen molar-refractivity contribution in [3.05, 3.63) is 83.2 Å². The maximum absolute atomic E-state index is 15.8. The first-order valence-electron chi connectivity index (χ1n) is 10.9. The summed E-state index contributed by atoms with van der Waals surface area (Å²) in [7, 11) is 1.68. The summed E-state index contributed by atoms with van der Waals surface area (Å²) in [5.74, 6) is -1.47. The summed E-state index contributed by atoms with van der Waals surface area (Å²) in [5.41, 5.74) is 9.54. The number of nitrogens with two attached hydrogens (primary N) is 1. The molecule has 0 spiro atoms. The van der Waals surface area contributed by atoms with Crippen LogP contribution in [0.3, 0.4) is 0 Å². The van der Waals surface area contributed by atoms with E-state index in [0.717, 1.165) is 11.1 Å². The lowest BCUT2D eigenvalue weighted by molar-refractivity contribution is -0.136. The van der Waals surface area contributed by atoms with Crippen molar-refractivity contribution in [3.63, 3.8) is 0 Å². The average molecular weight is 472 g/mol. The summed E-state index contributed by atoms with van der Waals surface area (Å²) in [6.07, 6.45) is -2.73. The van der Waals surface area contributed by atoms with Gasteiger partial charge in [0.05, 0.1) is 18.7 Å². The van der Waals surface area contributed by atoms with Crippen molar-refractivity contribution in [2.24, 2.45) is 5.73 Å². The Kier molecular flexibility index (Phi) is 8.17. The molecule has 0 fully saturated rings. The predicted octanol–water partition coefficient (Wildman–Crippen LogP) is 5.45. The van der Waals surface area contributed by atoms with Gasteiger partial charge in [0.25, 0.3) is 6.43 Å². The van der Waals surface area contributed by atoms with Crippen molar-refractivity contribution in [3.8, 4) is 11.1 Å². The summed E-state index contributed by atoms with van der Waals surface area (Å²) in [6.45, 7) is 1.48. The van der Waals surface area contributed by atoms with Crippen molar-refractivity contribution in [1.82, 2.24) is 0 Å². The van der Waals surface area contributed by atoms with Gasteiger partial charge in [-0.05, 0) is 47.4 Å². The SMILES string of the molecule is C[C@@H](N)c1cccc(-c2cc(NCC(F)F)cc(N(C)Cc3ccccc3CC(=O)O)c2F)c1. The molecule has 1 atom stereocenters. The van der Waals surface area contributed by atoms with E-state index in [1.807, 2.05) is 13.0 Å². The molecule has 0 aliphatic carbocycles. The fourth-order valence-electron chi connectivity index (χ4n) is 3.77. The van der Waals surface area contributed by atoms with Crippen molar-refractivity contribution in [2.75, 3.05) is 23.8 Å². The monoisotopic (exact) mass is 471 g/mol. The molecule has 3 rings (SSSR count). The molecule has 0 saturated carbocycles. The number of halogens is 3. The van der Waals surface area contributed by atoms with Crippen LogP contribution in [0.25, 0.3) is 11.1 Å². The minimum Gasteiger partial charge on any atom is -0.481 e. The Morgan fingerprint density at radius 3 is 2.44 bits per heavy atom. The van der Waals surface area contributed by atoms with Gasteiger partial charge in [-0.2, -0.15) is 0 Å². The Labute approximate surface area is 197 Å². The zero-order chi connectivity index (χ0) is 24.8. The second kappa shape index (κ2) is 11.1. The van der Waals surface area contributed by atoms with E-state index in [0.29, 0.717) is 16.8 Å². The highest BCUT2D eigenvalue weighted by molar-refractivity contribution is 5.76. The van der Waals surface area contributed by atoms with Crippen LogP contribution in [0.1, 0.15) is 29.7 Å². The van der Waals surface area contributed by atoms with Crippen LogP contribution in [0.4, 0.5) is 24.5 Å². The highest BCUT2D eigenvalue weighted by Crippen LogP contribution is 2.35. The molecule has 5 nitrogen and oxygen atoms in total. The number of carbonyl (C=O) groups is 1. The fraction of sp³-hybridized carbons (Fsp3) is 0.269. The molecule has 0 aliphatic heterocycles. The normalized spacial score (nSPS) is 12.0. The summed E-state index contributed by atoms with van der Waals surface area (Å²) < 4.78 is 41.5. The molecule has 0 bridgehead atoms. The first kappa shape index (κ1) is 25.1. The highest BCUT2D eigenvalue weighted by atomic mass is 19.3. The van der Waals surface area contributed by atoms with Gasteiger partial charge in [-0.3, -0.25) is 4.79 Å². The van der Waals surface area contributed by atoms with Gasteiger partial charge in [-0.25, -0.2) is 13.2 Å². The number of nitrogens with zero attached hydrogens (tertiary/aromatic N) is 1. The summed E-state index contributed by atoms with van der Waals surface area (Å²) in [4.78, 5) is 12.9. The zero-order valence-corrected chi connectivity index (χ0v) is 19.1. The van der Waals surface area contributed by atoms with Gasteiger partial charge in [-0.1, -0.05) is 42.5 Å². The molecule has 0 heterocycles. The number of benzene rings is 3. The summed E-state index contributed by atoms with van der Waals surface area (Å²) in [5, 5.41) is 11.9. The van der Waals surface area contributed by atoms with Gasteiger partial charge in [0.2, 0.25) is 0 Å². The number of nitrogens with one attached hydrogen (secondary N) is 1. The Morgan fingerprint density at radius 1 is 1.09 bits per heavy atom. The highest BCUT2D eigenvalue weighted by Gasteiger charge is 2.18. The quantitative estimate of drug-likeness (QED) is 0.366. The van der Waals surface area contributed by atoms with Crippen LogP contribution in [0, 0.1) is 5.82 Å². The Balaban J connectivity index is 2.04. The van der Waals surface area contributed by atoms with E-state index in [-0.39, 0.29) is 30.3 Å². The molecule has 8 heteroatoms. The minimum absolute atomic E-state index is 0.155. The molecule has 3 aromatic rings. The van der Waals surface area contributed by atoms with E-state index >= 15 is 4.39 Å². The van der Waals surface area contributed by atoms with Gasteiger partial charge >= 0.3 is 5.97 Å². The molecule has 34 heavy (non-hydrogen) atoms. The van der Waals surface area contributed by atoms with E-state index in [4.69, 9.17) is 5.73 Å². The lowest BCUT2D eigenvalue weighted by Gasteiger charge is -2.24. The van der Waals surface area contributed by atoms with Crippen LogP contribution in [0.15, 0.2) is 60.7 Å². The third kappa shape index (κ3) is 6.29. The number of rotatable bonds is 10. The van der Waals surface area contributed by atoms with Crippen molar-refractivity contribution in [2.45, 2.75) is 32.4 Å². The molecule has 0 saturated heterocycles. The maximum atomic E-state index is 15.8. The minimum atomic E-state index is -2.57. The average Bonchev–Trinajstić information content (AvgIpc) is 2.79. The molecular formula is C26H28F3N3O2. The summed E-state index contributed by atoms with van der Waals surface area (Å²) >= 11 is 0. The second-order valence-corrected chi connectivity index (χ2v) is 8.24. The maximum Gasteiger partial charge on any atom is 0.307 e. The molecule has 0 aromatic heterocycles. The molecule has 4 N–H and O–H groups in total. The van der Waals surface area contributed by atoms with E-state index in [1.165, 1.54) is 12.1 Å². The van der Waals surface area contributed by atoms with Crippen molar-refractivity contribution < 1.29 is 23.1 Å². The molecule has 0 aliphatic rings. The summed E-state index contributed by atoms with van der Waals surface area (Å²) in [6, 6.07) is 16.9. The van der Waals surface area contributed by atoms with E-state index in [2.05, 4.69) is 5.32 Å². The van der Waals surface area contributed by atoms with E-state index < -0.39 is 24.8 Å². The third-order valence-electron chi connectivity index (χ3n) is 5.52. The third-order valence-corrected chi connectivity index (χ3v) is 5.52. The van der Waals surface area contributed by atoms with Crippen LogP contribution < -0.4 is 16.0 Å². The fourth-order valence-corrected chi connectivity index (χ4v) is 3.77. The lowest BCUT2D eigenvalue weighted by atomic mass is 9.98. The molecular weight excluding hydrogens is 443 g/mol. The molecule has 0 radical (unpaired) electrons. The largest absolute Gasteiger partial charge is 0.481 e. The van der Waals surface area contributed by atoms with Crippen LogP contribution >= 0.6 is 0 Å². The first-order chi connectivity index (χ1) is 16.2. The number of aliphatic carboxylic acids is 1. The zero-order valence-electron chi connectivity index (χ0n) is 19.1. The van der Waals surface area contributed by atoms with Gasteiger partial charge in [-0.15, -0.1) is 0 Å². The Morgan fingerprint density at radius 2 is 1.79 bits per heavy atom. The molecule has 0 unspecified atom stereocenters. The standard InChI is InChI=1S/C26H28F3N3O2/c1-16(30)17-8-5-9-19(10-17)22-12-21(31-14-24(27)28)13-23(26(22)29)32(2)15-20-7-4-3-6-18(20)11-25(33)34/h3-10,12-13,16,24,31H,11,14-15,30H2,1-2H3,(H,33,34)/t16-/m1/s1. The van der Waals surface area contributed by atoms with Crippen LogP contribution in [-0.2, 0) is 17.8 Å². The second-order valence-electron chi connectivity index (χ2n) is 8.24. The number of hydrogen-bond donors (Lipinski definition) is 3. The number of anilines is 2. The van der Waals surface area contributed by atoms with E-state index in [1.54, 1.807) is 54.4 Å². The van der Waals surface area contributed by atoms with Crippen LogP contribution in [0.2, 0.25) is 0 Å². The van der Waals surface area contributed by atoms with Gasteiger partial charge in [0.15, 0.2) is 5.82 Å². The number of carboxylic acid groups (broad SMARTS) is 1. The molecule has 180 valence electrons. The molecule has 3 aromatic carbocycles. The van der Waals surface area contributed by atoms with Crippen molar-refractivity contribution in [1.29, 1.82) is 0 Å². The number of alkyl halides is 2. The number of hydrogen-bond acceptors (Lipinski definition) is 4. The predicted molar refractivity (Wildman–Crippen MR) is 129 cm³/mol. The lowest BCUT2D eigenvalue weighted by Crippen LogP contribution is -2.20. The first-order valence-corrected chi connectivity index (χ1v) is 10.9. The molecule has 0 amide bonds. The Bertz CT molecular complexity index is 1150. The Hall–Kier alpha value is -3.52. The van der Waals surface area contributed by atoms with Crippen LogP contribution in [-0.4, -0.2) is 31.1 Å². The smallest absolute Gasteiger partial charge is 0.307 e. The van der Waals surface area contributed by atoms with Crippen LogP contribution in [0.5, 0.6) is 0 Å². The van der Waals surface area contributed by atoms with Gasteiger partial charge in [0.1, 0.15) is 0 Å².